The molecule has 0 bridgehead atoms. The maximum Gasteiger partial charge on any atom is 0.323 e. The Balaban J connectivity index is 1.60. The van der Waals surface area contributed by atoms with Gasteiger partial charge in [0.2, 0.25) is 0 Å². The van der Waals surface area contributed by atoms with Crippen molar-refractivity contribution >= 4 is 16.7 Å². The first-order valence-electron chi connectivity index (χ1n) is 7.59. The molecular weight excluding hydrogens is 302 g/mol. The molecule has 1 aromatic carbocycles. The Morgan fingerprint density at radius 1 is 0.958 bits per heavy atom. The first-order valence-corrected chi connectivity index (χ1v) is 7.59. The van der Waals surface area contributed by atoms with Crippen LogP contribution in [0.15, 0.2) is 65.8 Å². The quantitative estimate of drug-likeness (QED) is 0.540. The third-order valence-electron chi connectivity index (χ3n) is 3.79. The van der Waals surface area contributed by atoms with Crippen molar-refractivity contribution in [1.29, 1.82) is 0 Å². The number of aromatic nitrogens is 4. The normalized spacial score (nSPS) is 10.8. The van der Waals surface area contributed by atoms with Gasteiger partial charge in [0, 0.05) is 24.2 Å². The van der Waals surface area contributed by atoms with Crippen molar-refractivity contribution in [3.05, 3.63) is 77.2 Å². The highest BCUT2D eigenvalue weighted by Crippen LogP contribution is 2.24. The summed E-state index contributed by atoms with van der Waals surface area (Å²) in [7, 11) is 0. The van der Waals surface area contributed by atoms with Gasteiger partial charge in [-0.15, -0.1) is 0 Å². The monoisotopic (exact) mass is 317 g/mol. The maximum absolute atomic E-state index is 11.4. The van der Waals surface area contributed by atoms with Crippen molar-refractivity contribution in [2.24, 2.45) is 0 Å². The Morgan fingerprint density at radius 2 is 1.88 bits per heavy atom. The number of anilines is 1. The Kier molecular flexibility index (Phi) is 3.55. The maximum atomic E-state index is 11.4. The number of imidazole rings is 1. The number of pyridine rings is 2. The predicted molar refractivity (Wildman–Crippen MR) is 93.7 cm³/mol. The second-order valence-electron chi connectivity index (χ2n) is 5.48. The van der Waals surface area contributed by atoms with Gasteiger partial charge in [0.15, 0.2) is 0 Å². The van der Waals surface area contributed by atoms with Gasteiger partial charge in [-0.05, 0) is 35.9 Å². The summed E-state index contributed by atoms with van der Waals surface area (Å²) in [4.78, 5) is 25.5. The summed E-state index contributed by atoms with van der Waals surface area (Å²) in [5.74, 6) is 0. The highest BCUT2D eigenvalue weighted by atomic mass is 16.1. The van der Waals surface area contributed by atoms with Crippen LogP contribution in [0, 0.1) is 0 Å². The van der Waals surface area contributed by atoms with Crippen molar-refractivity contribution in [3.63, 3.8) is 0 Å². The lowest BCUT2D eigenvalue weighted by atomic mass is 10.1. The number of hydrogen-bond donors (Lipinski definition) is 3. The van der Waals surface area contributed by atoms with Gasteiger partial charge in [-0.2, -0.15) is 0 Å². The molecule has 0 amide bonds. The van der Waals surface area contributed by atoms with Crippen LogP contribution in [0.4, 0.5) is 5.69 Å². The van der Waals surface area contributed by atoms with Crippen molar-refractivity contribution in [3.8, 4) is 11.1 Å². The topological polar surface area (TPSA) is 86.5 Å². The molecule has 6 nitrogen and oxygen atoms in total. The first kappa shape index (κ1) is 14.2. The second-order valence-corrected chi connectivity index (χ2v) is 5.48. The molecule has 0 fully saturated rings. The average molecular weight is 317 g/mol. The van der Waals surface area contributed by atoms with Crippen LogP contribution in [0.25, 0.3) is 22.2 Å². The zero-order valence-electron chi connectivity index (χ0n) is 12.8. The van der Waals surface area contributed by atoms with Crippen LogP contribution >= 0.6 is 0 Å². The van der Waals surface area contributed by atoms with E-state index in [1.54, 1.807) is 18.6 Å². The molecule has 0 aliphatic rings. The Hall–Kier alpha value is -3.41. The largest absolute Gasteiger partial charge is 0.378 e. The number of fused-ring (bicyclic) bond motifs is 1. The molecule has 0 saturated heterocycles. The van der Waals surface area contributed by atoms with Crippen LogP contribution in [-0.2, 0) is 6.54 Å². The minimum atomic E-state index is -0.203. The zero-order chi connectivity index (χ0) is 16.4. The molecule has 0 spiro atoms. The molecule has 0 aliphatic heterocycles. The van der Waals surface area contributed by atoms with Gasteiger partial charge >= 0.3 is 5.69 Å². The summed E-state index contributed by atoms with van der Waals surface area (Å²) < 4.78 is 0. The summed E-state index contributed by atoms with van der Waals surface area (Å²) in [6, 6.07) is 13.6. The standard InChI is InChI=1S/C18H15N5O/c24-18-22-16-5-4-12(8-17(16)23-18)13-7-15(10-19-9-13)21-11-14-3-1-2-6-20-14/h1-10,21H,11H2,(H2,22,23,24). The fraction of sp³-hybridized carbons (Fsp3) is 0.0556. The van der Waals surface area contributed by atoms with E-state index in [1.807, 2.05) is 42.5 Å². The van der Waals surface area contributed by atoms with E-state index in [0.29, 0.717) is 6.54 Å². The Bertz CT molecular complexity index is 1040. The first-order chi connectivity index (χ1) is 11.8. The number of nitrogens with zero attached hydrogens (tertiary/aromatic N) is 2. The second kappa shape index (κ2) is 6.00. The number of hydrogen-bond acceptors (Lipinski definition) is 4. The summed E-state index contributed by atoms with van der Waals surface area (Å²) in [6.45, 7) is 0.635. The lowest BCUT2D eigenvalue weighted by Crippen LogP contribution is -2.01. The molecule has 0 saturated carbocycles. The van der Waals surface area contributed by atoms with E-state index >= 15 is 0 Å². The van der Waals surface area contributed by atoms with Crippen LogP contribution < -0.4 is 11.0 Å². The van der Waals surface area contributed by atoms with Gasteiger partial charge < -0.3 is 15.3 Å². The van der Waals surface area contributed by atoms with E-state index in [0.717, 1.165) is 33.5 Å². The van der Waals surface area contributed by atoms with Gasteiger partial charge in [0.25, 0.3) is 0 Å². The minimum Gasteiger partial charge on any atom is -0.378 e. The molecule has 24 heavy (non-hydrogen) atoms. The molecule has 0 unspecified atom stereocenters. The van der Waals surface area contributed by atoms with Gasteiger partial charge in [-0.25, -0.2) is 4.79 Å². The van der Waals surface area contributed by atoms with Crippen LogP contribution in [0.2, 0.25) is 0 Å². The fourth-order valence-corrected chi connectivity index (χ4v) is 2.60. The summed E-state index contributed by atoms with van der Waals surface area (Å²) in [5, 5.41) is 3.32. The number of nitrogens with one attached hydrogen (secondary N) is 3. The van der Waals surface area contributed by atoms with Crippen LogP contribution in [0.3, 0.4) is 0 Å². The SMILES string of the molecule is O=c1[nH]c2ccc(-c3cncc(NCc4ccccn4)c3)cc2[nH]1. The van der Waals surface area contributed by atoms with Crippen LogP contribution in [0.1, 0.15) is 5.69 Å². The third kappa shape index (κ3) is 2.89. The van der Waals surface area contributed by atoms with Crippen LogP contribution in [-0.4, -0.2) is 19.9 Å². The van der Waals surface area contributed by atoms with E-state index in [4.69, 9.17) is 0 Å². The number of aromatic amines is 2. The predicted octanol–water partition coefficient (Wildman–Crippen LogP) is 2.93. The molecule has 4 rings (SSSR count). The van der Waals surface area contributed by atoms with E-state index in [2.05, 4.69) is 25.3 Å². The molecule has 4 aromatic rings. The molecule has 3 heterocycles. The molecule has 3 N–H and O–H groups in total. The molecule has 0 aliphatic carbocycles. The van der Waals surface area contributed by atoms with Crippen molar-refractivity contribution < 1.29 is 0 Å². The lowest BCUT2D eigenvalue weighted by molar-refractivity contribution is 1.04. The summed E-state index contributed by atoms with van der Waals surface area (Å²) in [6.07, 6.45) is 5.36. The highest BCUT2D eigenvalue weighted by Gasteiger charge is 2.04. The fourth-order valence-electron chi connectivity index (χ4n) is 2.60. The molecule has 118 valence electrons. The van der Waals surface area contributed by atoms with Crippen molar-refractivity contribution in [1.82, 2.24) is 19.9 Å². The molecule has 0 atom stereocenters. The average Bonchev–Trinajstić information content (AvgIpc) is 3.00. The third-order valence-corrected chi connectivity index (χ3v) is 3.79. The van der Waals surface area contributed by atoms with Gasteiger partial charge in [-0.3, -0.25) is 9.97 Å². The highest BCUT2D eigenvalue weighted by molar-refractivity contribution is 5.81. The summed E-state index contributed by atoms with van der Waals surface area (Å²) in [5.41, 5.74) is 5.23. The summed E-state index contributed by atoms with van der Waals surface area (Å²) >= 11 is 0. The molecule has 0 radical (unpaired) electrons. The van der Waals surface area contributed by atoms with E-state index in [-0.39, 0.29) is 5.69 Å². The smallest absolute Gasteiger partial charge is 0.323 e. The van der Waals surface area contributed by atoms with Gasteiger partial charge in [-0.1, -0.05) is 12.1 Å². The van der Waals surface area contributed by atoms with Gasteiger partial charge in [0.1, 0.15) is 0 Å². The lowest BCUT2D eigenvalue weighted by Gasteiger charge is -2.08. The number of H-pyrrole nitrogens is 2. The Labute approximate surface area is 137 Å². The minimum absolute atomic E-state index is 0.203. The molecular formula is C18H15N5O. The van der Waals surface area contributed by atoms with E-state index < -0.39 is 0 Å². The Morgan fingerprint density at radius 3 is 2.75 bits per heavy atom. The molecule has 3 aromatic heterocycles. The van der Waals surface area contributed by atoms with Gasteiger partial charge in [0.05, 0.1) is 29.0 Å². The van der Waals surface area contributed by atoms with E-state index in [1.165, 1.54) is 0 Å². The van der Waals surface area contributed by atoms with E-state index in [9.17, 15) is 4.79 Å². The van der Waals surface area contributed by atoms with Crippen LogP contribution in [0.5, 0.6) is 0 Å². The molecule has 6 heteroatoms. The van der Waals surface area contributed by atoms with Crippen molar-refractivity contribution in [2.75, 3.05) is 5.32 Å². The number of rotatable bonds is 4. The number of benzene rings is 1. The van der Waals surface area contributed by atoms with Crippen molar-refractivity contribution in [2.45, 2.75) is 6.54 Å². The zero-order valence-corrected chi connectivity index (χ0v) is 12.8.